The molecule has 1 heterocycles. The summed E-state index contributed by atoms with van der Waals surface area (Å²) in [5.74, 6) is -0.787. The quantitative estimate of drug-likeness (QED) is 0.862. The van der Waals surface area contributed by atoms with Gasteiger partial charge < -0.3 is 16.0 Å². The van der Waals surface area contributed by atoms with Gasteiger partial charge in [0.2, 0.25) is 11.8 Å². The van der Waals surface area contributed by atoms with Crippen LogP contribution in [-0.2, 0) is 16.0 Å². The number of hydrogen-bond acceptors (Lipinski definition) is 3. The van der Waals surface area contributed by atoms with Gasteiger partial charge in [-0.3, -0.25) is 14.4 Å². The lowest BCUT2D eigenvalue weighted by Gasteiger charge is -2.26. The smallest absolute Gasteiger partial charge is 0.254 e. The number of carbonyl (C=O) groups is 3. The zero-order valence-corrected chi connectivity index (χ0v) is 12.2. The number of fused-ring (bicyclic) bond motifs is 1. The molecule has 6 heteroatoms. The van der Waals surface area contributed by atoms with Crippen LogP contribution in [0.5, 0.6) is 0 Å². The van der Waals surface area contributed by atoms with Gasteiger partial charge in [-0.2, -0.15) is 0 Å². The predicted octanol–water partition coefficient (Wildman–Crippen LogP) is 0.907. The second kappa shape index (κ2) is 5.95. The summed E-state index contributed by atoms with van der Waals surface area (Å²) in [5.41, 5.74) is 7.37. The Labute approximate surface area is 123 Å². The number of nitrogens with one attached hydrogen (secondary N) is 1. The molecule has 3 amide bonds. The van der Waals surface area contributed by atoms with Crippen LogP contribution in [-0.4, -0.2) is 35.2 Å². The number of benzene rings is 1. The van der Waals surface area contributed by atoms with Crippen molar-refractivity contribution in [2.24, 2.45) is 5.73 Å². The van der Waals surface area contributed by atoms with E-state index in [9.17, 15) is 14.4 Å². The molecule has 0 bridgehead atoms. The fourth-order valence-corrected chi connectivity index (χ4v) is 2.34. The van der Waals surface area contributed by atoms with E-state index in [-0.39, 0.29) is 24.4 Å². The second-order valence-corrected chi connectivity index (χ2v) is 5.41. The van der Waals surface area contributed by atoms with Crippen molar-refractivity contribution in [1.82, 2.24) is 4.90 Å². The van der Waals surface area contributed by atoms with E-state index in [1.165, 1.54) is 4.90 Å². The molecule has 1 aromatic carbocycles. The average molecular weight is 289 g/mol. The first-order valence-electron chi connectivity index (χ1n) is 6.90. The van der Waals surface area contributed by atoms with Crippen molar-refractivity contribution in [3.05, 3.63) is 29.3 Å². The van der Waals surface area contributed by atoms with E-state index in [4.69, 9.17) is 5.73 Å². The number of anilines is 1. The lowest BCUT2D eigenvalue weighted by atomic mass is 9.99. The predicted molar refractivity (Wildman–Crippen MR) is 78.8 cm³/mol. The first-order chi connectivity index (χ1) is 9.88. The van der Waals surface area contributed by atoms with Gasteiger partial charge in [0.05, 0.1) is 6.54 Å². The molecule has 0 spiro atoms. The summed E-state index contributed by atoms with van der Waals surface area (Å²) in [6.07, 6.45) is 1.03. The molecular formula is C15H19N3O3. The molecule has 1 aliphatic rings. The van der Waals surface area contributed by atoms with Crippen LogP contribution in [0.25, 0.3) is 0 Å². The molecule has 112 valence electrons. The summed E-state index contributed by atoms with van der Waals surface area (Å²) < 4.78 is 0. The first kappa shape index (κ1) is 15.0. The number of amides is 3. The van der Waals surface area contributed by atoms with E-state index in [1.54, 1.807) is 18.2 Å². The Balaban J connectivity index is 2.26. The molecule has 0 atom stereocenters. The van der Waals surface area contributed by atoms with Gasteiger partial charge in [0, 0.05) is 23.7 Å². The monoisotopic (exact) mass is 289 g/mol. The van der Waals surface area contributed by atoms with Crippen LogP contribution in [0, 0.1) is 0 Å². The third kappa shape index (κ3) is 3.39. The maximum Gasteiger partial charge on any atom is 0.254 e. The summed E-state index contributed by atoms with van der Waals surface area (Å²) in [6, 6.07) is 5.03. The summed E-state index contributed by atoms with van der Waals surface area (Å²) in [7, 11) is 0. The molecule has 2 rings (SSSR count). The molecule has 1 aliphatic heterocycles. The van der Waals surface area contributed by atoms with E-state index in [0.717, 1.165) is 11.3 Å². The topological polar surface area (TPSA) is 92.5 Å². The van der Waals surface area contributed by atoms with Gasteiger partial charge in [-0.15, -0.1) is 0 Å². The van der Waals surface area contributed by atoms with E-state index in [0.29, 0.717) is 18.4 Å². The van der Waals surface area contributed by atoms with Crippen LogP contribution < -0.4 is 11.1 Å². The third-order valence-electron chi connectivity index (χ3n) is 3.46. The molecule has 21 heavy (non-hydrogen) atoms. The van der Waals surface area contributed by atoms with Gasteiger partial charge in [0.1, 0.15) is 0 Å². The summed E-state index contributed by atoms with van der Waals surface area (Å²) >= 11 is 0. The van der Waals surface area contributed by atoms with Crippen LogP contribution >= 0.6 is 0 Å². The number of hydrogen-bond donors (Lipinski definition) is 2. The van der Waals surface area contributed by atoms with Crippen LogP contribution in [0.1, 0.15) is 36.2 Å². The molecule has 3 N–H and O–H groups in total. The highest BCUT2D eigenvalue weighted by Gasteiger charge is 2.22. The highest BCUT2D eigenvalue weighted by Crippen LogP contribution is 2.24. The maximum atomic E-state index is 12.5. The van der Waals surface area contributed by atoms with E-state index in [2.05, 4.69) is 5.32 Å². The van der Waals surface area contributed by atoms with Crippen LogP contribution in [0.3, 0.4) is 0 Å². The highest BCUT2D eigenvalue weighted by molar-refractivity contribution is 5.99. The summed E-state index contributed by atoms with van der Waals surface area (Å²) in [5, 5.41) is 2.77. The molecule has 0 aliphatic carbocycles. The first-order valence-corrected chi connectivity index (χ1v) is 6.90. The Hall–Kier alpha value is -2.37. The van der Waals surface area contributed by atoms with Gasteiger partial charge in [0.25, 0.3) is 5.91 Å². The highest BCUT2D eigenvalue weighted by atomic mass is 16.2. The van der Waals surface area contributed by atoms with Gasteiger partial charge in [0.15, 0.2) is 0 Å². The zero-order chi connectivity index (χ0) is 15.6. The lowest BCUT2D eigenvalue weighted by molar-refractivity contribution is -0.119. The Morgan fingerprint density at radius 2 is 2.05 bits per heavy atom. The van der Waals surface area contributed by atoms with Crippen molar-refractivity contribution >= 4 is 23.4 Å². The largest absolute Gasteiger partial charge is 0.368 e. The summed E-state index contributed by atoms with van der Waals surface area (Å²) in [4.78, 5) is 36.4. The zero-order valence-electron chi connectivity index (χ0n) is 12.2. The Morgan fingerprint density at radius 3 is 2.67 bits per heavy atom. The number of nitrogens with zero attached hydrogens (tertiary/aromatic N) is 1. The van der Waals surface area contributed by atoms with Gasteiger partial charge in [-0.25, -0.2) is 0 Å². The van der Waals surface area contributed by atoms with Gasteiger partial charge >= 0.3 is 0 Å². The third-order valence-corrected chi connectivity index (χ3v) is 3.46. The van der Waals surface area contributed by atoms with E-state index in [1.807, 2.05) is 13.8 Å². The fourth-order valence-electron chi connectivity index (χ4n) is 2.34. The molecule has 0 fully saturated rings. The standard InChI is InChI=1S/C15H19N3O3/c1-9(2)18(8-13(16)19)15(21)11-3-5-12-10(7-11)4-6-14(20)17-12/h3,5,7,9H,4,6,8H2,1-2H3,(H2,16,19)(H,17,20). The Morgan fingerprint density at radius 1 is 1.33 bits per heavy atom. The average Bonchev–Trinajstić information content (AvgIpc) is 2.43. The van der Waals surface area contributed by atoms with Crippen molar-refractivity contribution < 1.29 is 14.4 Å². The van der Waals surface area contributed by atoms with Gasteiger partial charge in [-0.05, 0) is 44.0 Å². The maximum absolute atomic E-state index is 12.5. The fraction of sp³-hybridized carbons (Fsp3) is 0.400. The minimum Gasteiger partial charge on any atom is -0.368 e. The van der Waals surface area contributed by atoms with Crippen molar-refractivity contribution in [1.29, 1.82) is 0 Å². The van der Waals surface area contributed by atoms with E-state index < -0.39 is 5.91 Å². The van der Waals surface area contributed by atoms with Crippen molar-refractivity contribution in [2.75, 3.05) is 11.9 Å². The molecule has 6 nitrogen and oxygen atoms in total. The minimum absolute atomic E-state index is 0.0147. The number of aryl methyl sites for hydroxylation is 1. The second-order valence-electron chi connectivity index (χ2n) is 5.41. The molecule has 0 saturated carbocycles. The number of primary amides is 1. The Kier molecular flexibility index (Phi) is 4.26. The molecule has 0 aromatic heterocycles. The number of carbonyl (C=O) groups excluding carboxylic acids is 3. The molecular weight excluding hydrogens is 270 g/mol. The van der Waals surface area contributed by atoms with Crippen LogP contribution in [0.4, 0.5) is 5.69 Å². The SMILES string of the molecule is CC(C)N(CC(N)=O)C(=O)c1ccc2c(c1)CCC(=O)N2. The molecule has 0 saturated heterocycles. The van der Waals surface area contributed by atoms with Crippen molar-refractivity contribution in [3.8, 4) is 0 Å². The number of rotatable bonds is 4. The minimum atomic E-state index is -0.540. The van der Waals surface area contributed by atoms with Gasteiger partial charge in [-0.1, -0.05) is 0 Å². The van der Waals surface area contributed by atoms with E-state index >= 15 is 0 Å². The van der Waals surface area contributed by atoms with Crippen LogP contribution in [0.2, 0.25) is 0 Å². The normalized spacial score (nSPS) is 13.6. The lowest BCUT2D eigenvalue weighted by Crippen LogP contribution is -2.42. The molecule has 0 unspecified atom stereocenters. The van der Waals surface area contributed by atoms with Crippen molar-refractivity contribution in [2.45, 2.75) is 32.7 Å². The van der Waals surface area contributed by atoms with Crippen LogP contribution in [0.15, 0.2) is 18.2 Å². The number of nitrogens with two attached hydrogens (primary N) is 1. The molecule has 0 radical (unpaired) electrons. The Bertz CT molecular complexity index is 596. The molecule has 1 aromatic rings. The van der Waals surface area contributed by atoms with Crippen molar-refractivity contribution in [3.63, 3.8) is 0 Å². The summed E-state index contributed by atoms with van der Waals surface area (Å²) in [6.45, 7) is 3.56.